The fraction of sp³-hybridized carbons (Fsp3) is 0.391. The Morgan fingerprint density at radius 2 is 1.93 bits per heavy atom. The van der Waals surface area contributed by atoms with Crippen LogP contribution in [-0.4, -0.2) is 11.6 Å². The van der Waals surface area contributed by atoms with Gasteiger partial charge in [0, 0.05) is 35.4 Å². The van der Waals surface area contributed by atoms with Crippen LogP contribution in [-0.2, 0) is 16.1 Å². The molecule has 3 rings (SSSR count). The second-order valence-electron chi connectivity index (χ2n) is 7.67. The molecule has 1 aliphatic carbocycles. The fourth-order valence-corrected chi connectivity index (χ4v) is 4.84. The highest BCUT2D eigenvalue weighted by Gasteiger charge is 2.45. The fourth-order valence-electron chi connectivity index (χ4n) is 4.20. The normalized spacial score (nSPS) is 20.7. The Labute approximate surface area is 165 Å². The van der Waals surface area contributed by atoms with Crippen molar-refractivity contribution < 1.29 is 9.59 Å². The molecule has 1 heterocycles. The number of carbonyl (C=O) groups excluding carboxylic acids is 2. The second kappa shape index (κ2) is 7.81. The highest BCUT2D eigenvalue weighted by molar-refractivity contribution is 7.09. The van der Waals surface area contributed by atoms with Gasteiger partial charge in [-0.1, -0.05) is 37.3 Å². The van der Waals surface area contributed by atoms with Crippen molar-refractivity contribution in [1.82, 2.24) is 5.32 Å². The summed E-state index contributed by atoms with van der Waals surface area (Å²) in [6, 6.07) is 8.20. The lowest BCUT2D eigenvalue weighted by molar-refractivity contribution is -0.125. The van der Waals surface area contributed by atoms with Crippen molar-refractivity contribution in [2.24, 2.45) is 11.8 Å². The first-order valence-electron chi connectivity index (χ1n) is 9.38. The number of benzene rings is 1. The summed E-state index contributed by atoms with van der Waals surface area (Å²) in [6.07, 6.45) is 0.303. The van der Waals surface area contributed by atoms with Gasteiger partial charge in [0.15, 0.2) is 5.78 Å². The Morgan fingerprint density at radius 1 is 1.26 bits per heavy atom. The summed E-state index contributed by atoms with van der Waals surface area (Å²) in [5, 5.41) is 5.38. The van der Waals surface area contributed by atoms with E-state index in [1.54, 1.807) is 11.3 Å². The number of thiophene rings is 1. The molecule has 3 atom stereocenters. The second-order valence-corrected chi connectivity index (χ2v) is 8.70. The predicted molar refractivity (Wildman–Crippen MR) is 111 cm³/mol. The van der Waals surface area contributed by atoms with Crippen molar-refractivity contribution in [1.29, 1.82) is 0 Å². The number of aryl methyl sites for hydroxylation is 3. The van der Waals surface area contributed by atoms with Crippen LogP contribution in [0.25, 0.3) is 0 Å². The number of hydrogen-bond acceptors (Lipinski definition) is 4. The molecule has 1 aromatic heterocycles. The zero-order chi connectivity index (χ0) is 19.7. The molecule has 142 valence electrons. The first-order valence-corrected chi connectivity index (χ1v) is 10.3. The van der Waals surface area contributed by atoms with E-state index in [0.717, 1.165) is 28.0 Å². The third-order valence-corrected chi connectivity index (χ3v) is 6.52. The molecule has 0 saturated heterocycles. The Morgan fingerprint density at radius 3 is 2.52 bits per heavy atom. The average molecular weight is 382 g/mol. The van der Waals surface area contributed by atoms with Crippen molar-refractivity contribution in [2.45, 2.75) is 46.6 Å². The van der Waals surface area contributed by atoms with Crippen LogP contribution in [0.3, 0.4) is 0 Å². The number of Topliss-reactive ketones (excluding diaryl/α,β-unsaturated/α-hetero) is 2. The third-order valence-electron chi connectivity index (χ3n) is 5.64. The summed E-state index contributed by atoms with van der Waals surface area (Å²) < 4.78 is 0. The van der Waals surface area contributed by atoms with Crippen molar-refractivity contribution in [3.05, 3.63) is 69.1 Å². The maximum atomic E-state index is 13.2. The highest BCUT2D eigenvalue weighted by Crippen LogP contribution is 2.40. The summed E-state index contributed by atoms with van der Waals surface area (Å²) in [7, 11) is 0. The van der Waals surface area contributed by atoms with E-state index in [9.17, 15) is 9.59 Å². The Kier molecular flexibility index (Phi) is 5.66. The molecule has 0 spiro atoms. The van der Waals surface area contributed by atoms with Gasteiger partial charge in [-0.2, -0.15) is 0 Å². The first kappa shape index (κ1) is 19.6. The molecule has 1 aliphatic rings. The number of allylic oxidation sites excluding steroid dienone is 1. The minimum Gasteiger partial charge on any atom is -0.384 e. The molecule has 0 radical (unpaired) electrons. The average Bonchev–Trinajstić information content (AvgIpc) is 3.21. The van der Waals surface area contributed by atoms with E-state index in [-0.39, 0.29) is 23.4 Å². The molecule has 1 aromatic carbocycles. The van der Waals surface area contributed by atoms with E-state index < -0.39 is 5.92 Å². The minimum absolute atomic E-state index is 0.0398. The molecule has 0 amide bonds. The molecule has 1 N–H and O–H groups in total. The molecule has 0 bridgehead atoms. The maximum Gasteiger partial charge on any atom is 0.151 e. The SMILES string of the molecule is C=C(NCc1cccs1)C(C)C1CC(=O)C(c2c(C)cc(C)cc2C)C1=O. The summed E-state index contributed by atoms with van der Waals surface area (Å²) in [5.41, 5.74) is 4.95. The smallest absolute Gasteiger partial charge is 0.151 e. The Balaban J connectivity index is 1.76. The van der Waals surface area contributed by atoms with Gasteiger partial charge in [0.1, 0.15) is 11.7 Å². The summed E-state index contributed by atoms with van der Waals surface area (Å²) >= 11 is 1.69. The summed E-state index contributed by atoms with van der Waals surface area (Å²) in [5.74, 6) is -0.911. The van der Waals surface area contributed by atoms with Crippen molar-refractivity contribution in [3.8, 4) is 0 Å². The van der Waals surface area contributed by atoms with Crippen molar-refractivity contribution in [2.75, 3.05) is 0 Å². The number of carbonyl (C=O) groups is 2. The largest absolute Gasteiger partial charge is 0.384 e. The molecule has 27 heavy (non-hydrogen) atoms. The zero-order valence-electron chi connectivity index (χ0n) is 16.5. The molecular formula is C23H27NO2S. The van der Waals surface area contributed by atoms with Crippen molar-refractivity contribution >= 4 is 22.9 Å². The van der Waals surface area contributed by atoms with Gasteiger partial charge in [-0.3, -0.25) is 9.59 Å². The van der Waals surface area contributed by atoms with Crippen molar-refractivity contribution in [3.63, 3.8) is 0 Å². The van der Waals surface area contributed by atoms with E-state index in [0.29, 0.717) is 13.0 Å². The van der Waals surface area contributed by atoms with Gasteiger partial charge in [0.05, 0.1) is 0 Å². The number of hydrogen-bond donors (Lipinski definition) is 1. The molecule has 4 heteroatoms. The lowest BCUT2D eigenvalue weighted by Gasteiger charge is -2.22. The van der Waals surface area contributed by atoms with Crippen LogP contribution >= 0.6 is 11.3 Å². The van der Waals surface area contributed by atoms with Gasteiger partial charge >= 0.3 is 0 Å². The van der Waals surface area contributed by atoms with E-state index >= 15 is 0 Å². The molecule has 0 aliphatic heterocycles. The topological polar surface area (TPSA) is 46.2 Å². The van der Waals surface area contributed by atoms with Crippen LogP contribution in [0.2, 0.25) is 0 Å². The molecule has 2 aromatic rings. The maximum absolute atomic E-state index is 13.2. The van der Waals surface area contributed by atoms with E-state index in [1.807, 2.05) is 39.1 Å². The van der Waals surface area contributed by atoms with Gasteiger partial charge < -0.3 is 5.32 Å². The minimum atomic E-state index is -0.622. The Hall–Kier alpha value is -2.20. The third kappa shape index (κ3) is 3.91. The standard InChI is InChI=1S/C23H27NO2S/c1-13-9-14(2)21(15(3)10-13)22-20(25)11-19(23(22)26)16(4)17(5)24-12-18-7-6-8-27-18/h6-10,16,19,22,24H,5,11-12H2,1-4H3. The number of rotatable bonds is 6. The molecule has 1 saturated carbocycles. The van der Waals surface area contributed by atoms with E-state index in [2.05, 4.69) is 30.1 Å². The molecule has 1 fully saturated rings. The monoisotopic (exact) mass is 381 g/mol. The number of nitrogens with one attached hydrogen (secondary N) is 1. The zero-order valence-corrected chi connectivity index (χ0v) is 17.3. The van der Waals surface area contributed by atoms with E-state index in [4.69, 9.17) is 0 Å². The summed E-state index contributed by atoms with van der Waals surface area (Å²) in [4.78, 5) is 27.2. The molecule has 3 nitrogen and oxygen atoms in total. The molecule has 3 unspecified atom stereocenters. The van der Waals surface area contributed by atoms with Gasteiger partial charge in [0.25, 0.3) is 0 Å². The first-order chi connectivity index (χ1) is 12.8. The lowest BCUT2D eigenvalue weighted by Crippen LogP contribution is -2.27. The van der Waals surface area contributed by atoms with Crippen LogP contribution in [0, 0.1) is 32.6 Å². The number of ketones is 2. The van der Waals surface area contributed by atoms with Crippen LogP contribution in [0.15, 0.2) is 41.9 Å². The summed E-state index contributed by atoms with van der Waals surface area (Å²) in [6.45, 7) is 12.9. The predicted octanol–water partition coefficient (Wildman–Crippen LogP) is 4.85. The lowest BCUT2D eigenvalue weighted by atomic mass is 9.84. The molecular weight excluding hydrogens is 354 g/mol. The van der Waals surface area contributed by atoms with Crippen LogP contribution < -0.4 is 5.32 Å². The van der Waals surface area contributed by atoms with Gasteiger partial charge in [-0.25, -0.2) is 0 Å². The van der Waals surface area contributed by atoms with Gasteiger partial charge in [0.2, 0.25) is 0 Å². The quantitative estimate of drug-likeness (QED) is 0.727. The van der Waals surface area contributed by atoms with E-state index in [1.165, 1.54) is 4.88 Å². The van der Waals surface area contributed by atoms with Crippen LogP contribution in [0.1, 0.15) is 46.4 Å². The van der Waals surface area contributed by atoms with Crippen LogP contribution in [0.5, 0.6) is 0 Å². The van der Waals surface area contributed by atoms with Crippen LogP contribution in [0.4, 0.5) is 0 Å². The highest BCUT2D eigenvalue weighted by atomic mass is 32.1. The van der Waals surface area contributed by atoms with Gasteiger partial charge in [-0.05, 0) is 48.9 Å². The Bertz CT molecular complexity index is 859. The van der Waals surface area contributed by atoms with Gasteiger partial charge in [-0.15, -0.1) is 11.3 Å².